The van der Waals surface area contributed by atoms with Crippen molar-refractivity contribution in [2.24, 2.45) is 0 Å². The van der Waals surface area contributed by atoms with E-state index in [0.29, 0.717) is 5.56 Å². The first-order chi connectivity index (χ1) is 15.7. The summed E-state index contributed by atoms with van der Waals surface area (Å²) in [6, 6.07) is 18.2. The SMILES string of the molecule is COc1ccc(NC(=O)[C@@H](C)NC(=O)c2ccccc2)cc1S(=O)(=O)Nc1ccccc1Cl. The Balaban J connectivity index is 1.78. The van der Waals surface area contributed by atoms with Crippen LogP contribution in [0.2, 0.25) is 5.02 Å². The Hall–Kier alpha value is -3.56. The van der Waals surface area contributed by atoms with Gasteiger partial charge in [-0.2, -0.15) is 0 Å². The summed E-state index contributed by atoms with van der Waals surface area (Å²) in [5, 5.41) is 5.44. The van der Waals surface area contributed by atoms with E-state index in [-0.39, 0.29) is 27.0 Å². The molecule has 3 aromatic carbocycles. The van der Waals surface area contributed by atoms with Crippen LogP contribution in [-0.2, 0) is 14.8 Å². The van der Waals surface area contributed by atoms with Gasteiger partial charge in [0.25, 0.3) is 15.9 Å². The maximum atomic E-state index is 13.0. The molecule has 0 saturated heterocycles. The van der Waals surface area contributed by atoms with Crippen molar-refractivity contribution in [3.8, 4) is 5.75 Å². The van der Waals surface area contributed by atoms with Gasteiger partial charge in [-0.1, -0.05) is 41.9 Å². The van der Waals surface area contributed by atoms with Crippen LogP contribution in [0.15, 0.2) is 77.7 Å². The number of nitrogens with one attached hydrogen (secondary N) is 3. The van der Waals surface area contributed by atoms with Gasteiger partial charge < -0.3 is 15.4 Å². The highest BCUT2D eigenvalue weighted by Gasteiger charge is 2.23. The second kappa shape index (κ2) is 10.4. The molecule has 2 amide bonds. The first-order valence-corrected chi connectivity index (χ1v) is 11.7. The zero-order valence-corrected chi connectivity index (χ0v) is 19.4. The maximum Gasteiger partial charge on any atom is 0.265 e. The summed E-state index contributed by atoms with van der Waals surface area (Å²) in [6.07, 6.45) is 0. The van der Waals surface area contributed by atoms with Crippen LogP contribution in [0.25, 0.3) is 0 Å². The third-order valence-corrected chi connectivity index (χ3v) is 6.33. The average Bonchev–Trinajstić information content (AvgIpc) is 2.81. The van der Waals surface area contributed by atoms with E-state index in [9.17, 15) is 18.0 Å². The highest BCUT2D eigenvalue weighted by atomic mass is 35.5. The van der Waals surface area contributed by atoms with Gasteiger partial charge in [0.05, 0.1) is 17.8 Å². The van der Waals surface area contributed by atoms with Gasteiger partial charge in [0.2, 0.25) is 5.91 Å². The van der Waals surface area contributed by atoms with E-state index < -0.39 is 27.9 Å². The van der Waals surface area contributed by atoms with Gasteiger partial charge in [0.15, 0.2) is 0 Å². The Labute approximate surface area is 197 Å². The molecule has 0 unspecified atom stereocenters. The third kappa shape index (κ3) is 6.03. The van der Waals surface area contributed by atoms with Crippen molar-refractivity contribution in [1.82, 2.24) is 5.32 Å². The van der Waals surface area contributed by atoms with Crippen LogP contribution in [0.3, 0.4) is 0 Å². The van der Waals surface area contributed by atoms with Gasteiger partial charge in [0, 0.05) is 11.3 Å². The lowest BCUT2D eigenvalue weighted by Gasteiger charge is -2.16. The van der Waals surface area contributed by atoms with Crippen molar-refractivity contribution >= 4 is 44.8 Å². The van der Waals surface area contributed by atoms with Crippen molar-refractivity contribution < 1.29 is 22.7 Å². The molecule has 0 bridgehead atoms. The largest absolute Gasteiger partial charge is 0.495 e. The number of hydrogen-bond donors (Lipinski definition) is 3. The minimum atomic E-state index is -4.09. The summed E-state index contributed by atoms with van der Waals surface area (Å²) in [7, 11) is -2.76. The van der Waals surface area contributed by atoms with E-state index in [1.165, 1.54) is 38.3 Å². The molecule has 172 valence electrons. The molecule has 0 spiro atoms. The molecule has 3 N–H and O–H groups in total. The van der Waals surface area contributed by atoms with E-state index in [1.54, 1.807) is 48.5 Å². The Kier molecular flexibility index (Phi) is 7.57. The minimum absolute atomic E-state index is 0.0815. The number of rotatable bonds is 8. The second-order valence-corrected chi connectivity index (χ2v) is 9.06. The number of anilines is 2. The van der Waals surface area contributed by atoms with Gasteiger partial charge in [0.1, 0.15) is 16.7 Å². The standard InChI is InChI=1S/C23H22ClN3O5S/c1-15(25-23(29)16-8-4-3-5-9-16)22(28)26-17-12-13-20(32-2)21(14-17)33(30,31)27-19-11-7-6-10-18(19)24/h3-15,27H,1-2H3,(H,25,29)(H,26,28)/t15-/m1/s1. The fourth-order valence-corrected chi connectivity index (χ4v) is 4.41. The smallest absolute Gasteiger partial charge is 0.265 e. The van der Waals surface area contributed by atoms with E-state index in [4.69, 9.17) is 16.3 Å². The normalized spacial score (nSPS) is 11.8. The molecule has 0 heterocycles. The molecule has 0 aliphatic rings. The monoisotopic (exact) mass is 487 g/mol. The first-order valence-electron chi connectivity index (χ1n) is 9.83. The highest BCUT2D eigenvalue weighted by Crippen LogP contribution is 2.30. The highest BCUT2D eigenvalue weighted by molar-refractivity contribution is 7.92. The number of ether oxygens (including phenoxy) is 1. The van der Waals surface area contributed by atoms with Crippen molar-refractivity contribution in [1.29, 1.82) is 0 Å². The van der Waals surface area contributed by atoms with E-state index in [1.807, 2.05) is 0 Å². The maximum absolute atomic E-state index is 13.0. The van der Waals surface area contributed by atoms with Crippen LogP contribution in [0.5, 0.6) is 5.75 Å². The Morgan fingerprint density at radius 2 is 1.64 bits per heavy atom. The summed E-state index contributed by atoms with van der Waals surface area (Å²) >= 11 is 6.06. The number of carbonyl (C=O) groups is 2. The van der Waals surface area contributed by atoms with Crippen LogP contribution >= 0.6 is 11.6 Å². The van der Waals surface area contributed by atoms with Crippen molar-refractivity contribution in [3.63, 3.8) is 0 Å². The molecule has 0 saturated carbocycles. The fourth-order valence-electron chi connectivity index (χ4n) is 2.89. The van der Waals surface area contributed by atoms with Gasteiger partial charge in [-0.05, 0) is 49.4 Å². The molecule has 0 radical (unpaired) electrons. The van der Waals surface area contributed by atoms with Gasteiger partial charge in [-0.15, -0.1) is 0 Å². The number of halogens is 1. The number of amides is 2. The van der Waals surface area contributed by atoms with Crippen LogP contribution in [-0.4, -0.2) is 33.4 Å². The van der Waals surface area contributed by atoms with Crippen molar-refractivity contribution in [2.75, 3.05) is 17.1 Å². The fraction of sp³-hybridized carbons (Fsp3) is 0.130. The van der Waals surface area contributed by atoms with E-state index in [2.05, 4.69) is 15.4 Å². The quantitative estimate of drug-likeness (QED) is 0.446. The number of hydrogen-bond acceptors (Lipinski definition) is 5. The molecule has 10 heteroatoms. The summed E-state index contributed by atoms with van der Waals surface area (Å²) in [5.74, 6) is -0.843. The predicted octanol–water partition coefficient (Wildman–Crippen LogP) is 3.91. The molecule has 0 fully saturated rings. The molecule has 0 aromatic heterocycles. The molecular weight excluding hydrogens is 466 g/mol. The summed E-state index contributed by atoms with van der Waals surface area (Å²) in [4.78, 5) is 24.7. The molecule has 3 rings (SSSR count). The van der Waals surface area contributed by atoms with E-state index >= 15 is 0 Å². The van der Waals surface area contributed by atoms with Gasteiger partial charge in [-0.25, -0.2) is 8.42 Å². The molecule has 33 heavy (non-hydrogen) atoms. The zero-order valence-electron chi connectivity index (χ0n) is 17.8. The van der Waals surface area contributed by atoms with Gasteiger partial charge >= 0.3 is 0 Å². The second-order valence-electron chi connectivity index (χ2n) is 7.00. The molecular formula is C23H22ClN3O5S. The number of benzene rings is 3. The summed E-state index contributed by atoms with van der Waals surface area (Å²) in [6.45, 7) is 1.52. The van der Waals surface area contributed by atoms with Crippen molar-refractivity contribution in [3.05, 3.63) is 83.4 Å². The lowest BCUT2D eigenvalue weighted by Crippen LogP contribution is -2.41. The zero-order chi connectivity index (χ0) is 24.0. The number of sulfonamides is 1. The summed E-state index contributed by atoms with van der Waals surface area (Å²) < 4.78 is 33.6. The average molecular weight is 488 g/mol. The molecule has 0 aliphatic heterocycles. The van der Waals surface area contributed by atoms with E-state index in [0.717, 1.165) is 0 Å². The topological polar surface area (TPSA) is 114 Å². The molecule has 0 aliphatic carbocycles. The lowest BCUT2D eigenvalue weighted by molar-refractivity contribution is -0.117. The molecule has 8 nitrogen and oxygen atoms in total. The first kappa shape index (κ1) is 24.1. The van der Waals surface area contributed by atoms with Crippen LogP contribution in [0.1, 0.15) is 17.3 Å². The third-order valence-electron chi connectivity index (χ3n) is 4.62. The van der Waals surface area contributed by atoms with Crippen LogP contribution in [0, 0.1) is 0 Å². The summed E-state index contributed by atoms with van der Waals surface area (Å²) in [5.41, 5.74) is 0.828. The van der Waals surface area contributed by atoms with Crippen LogP contribution < -0.4 is 20.1 Å². The number of para-hydroxylation sites is 1. The Morgan fingerprint density at radius 3 is 2.30 bits per heavy atom. The number of methoxy groups -OCH3 is 1. The lowest BCUT2D eigenvalue weighted by atomic mass is 10.2. The molecule has 3 aromatic rings. The molecule has 1 atom stereocenters. The van der Waals surface area contributed by atoms with Gasteiger partial charge in [-0.3, -0.25) is 14.3 Å². The van der Waals surface area contributed by atoms with Crippen LogP contribution in [0.4, 0.5) is 11.4 Å². The number of carbonyl (C=O) groups excluding carboxylic acids is 2. The predicted molar refractivity (Wildman–Crippen MR) is 127 cm³/mol. The minimum Gasteiger partial charge on any atom is -0.495 e. The Bertz CT molecular complexity index is 1270. The van der Waals surface area contributed by atoms with Crippen molar-refractivity contribution in [2.45, 2.75) is 17.9 Å². The Morgan fingerprint density at radius 1 is 0.970 bits per heavy atom.